The molecule has 4 heterocycles. The first-order chi connectivity index (χ1) is 12.7. The summed E-state index contributed by atoms with van der Waals surface area (Å²) < 4.78 is 16.9. The van der Waals surface area contributed by atoms with Crippen molar-refractivity contribution < 1.29 is 14.2 Å². The highest BCUT2D eigenvalue weighted by atomic mass is 16.5. The van der Waals surface area contributed by atoms with Gasteiger partial charge in [-0.25, -0.2) is 0 Å². The van der Waals surface area contributed by atoms with E-state index in [2.05, 4.69) is 22.0 Å². The molecule has 26 heavy (non-hydrogen) atoms. The summed E-state index contributed by atoms with van der Waals surface area (Å²) in [6, 6.07) is 10.0. The van der Waals surface area contributed by atoms with Crippen LogP contribution in [0.1, 0.15) is 19.8 Å². The Morgan fingerprint density at radius 3 is 2.35 bits per heavy atom. The summed E-state index contributed by atoms with van der Waals surface area (Å²) in [7, 11) is 3.25. The maximum absolute atomic E-state index is 6.21. The minimum absolute atomic E-state index is 0.207. The lowest BCUT2D eigenvalue weighted by atomic mass is 9.81. The highest BCUT2D eigenvalue weighted by Gasteiger charge is 2.41. The van der Waals surface area contributed by atoms with Crippen LogP contribution in [0.2, 0.25) is 0 Å². The van der Waals surface area contributed by atoms with Gasteiger partial charge in [0.15, 0.2) is 11.5 Å². The molecule has 3 saturated heterocycles. The number of hydrogen-bond donors (Lipinski definition) is 0. The second-order valence-electron chi connectivity index (χ2n) is 7.02. The van der Waals surface area contributed by atoms with E-state index in [1.54, 1.807) is 14.2 Å². The summed E-state index contributed by atoms with van der Waals surface area (Å²) in [5, 5.41) is 8.65. The summed E-state index contributed by atoms with van der Waals surface area (Å²) in [6.45, 7) is 4.63. The topological polar surface area (TPSA) is 56.7 Å². The molecule has 0 spiro atoms. The SMILES string of the molecule is COc1ccc(-c2ccc(OC3C4CCN(CC4)C3C)nn2)cc1OC. The van der Waals surface area contributed by atoms with Crippen LogP contribution in [-0.4, -0.2) is 54.6 Å². The van der Waals surface area contributed by atoms with Crippen LogP contribution >= 0.6 is 0 Å². The molecule has 1 aromatic heterocycles. The van der Waals surface area contributed by atoms with Gasteiger partial charge < -0.3 is 14.2 Å². The van der Waals surface area contributed by atoms with E-state index in [1.165, 1.54) is 25.9 Å². The molecular weight excluding hydrogens is 330 g/mol. The van der Waals surface area contributed by atoms with Crippen LogP contribution in [0.25, 0.3) is 11.3 Å². The first-order valence-electron chi connectivity index (χ1n) is 9.16. The maximum atomic E-state index is 6.21. The van der Waals surface area contributed by atoms with Gasteiger partial charge in [0.1, 0.15) is 6.10 Å². The smallest absolute Gasteiger partial charge is 0.233 e. The molecule has 6 heteroatoms. The number of hydrogen-bond acceptors (Lipinski definition) is 6. The molecule has 138 valence electrons. The standard InChI is InChI=1S/C20H25N3O3/c1-13-20(14-8-10-23(13)11-9-14)26-19-7-5-16(21-22-19)15-4-6-17(24-2)18(12-15)25-3/h4-7,12-14,20H,8-11H2,1-3H3. The summed E-state index contributed by atoms with van der Waals surface area (Å²) >= 11 is 0. The lowest BCUT2D eigenvalue weighted by Crippen LogP contribution is -2.58. The van der Waals surface area contributed by atoms with Gasteiger partial charge in [0, 0.05) is 17.7 Å². The van der Waals surface area contributed by atoms with E-state index < -0.39 is 0 Å². The number of rotatable bonds is 5. The normalized spacial score (nSPS) is 27.2. The molecule has 2 bridgehead atoms. The Kier molecular flexibility index (Phi) is 4.68. The molecule has 3 aliphatic heterocycles. The minimum Gasteiger partial charge on any atom is -0.493 e. The van der Waals surface area contributed by atoms with Gasteiger partial charge in [-0.15, -0.1) is 10.2 Å². The van der Waals surface area contributed by atoms with Gasteiger partial charge in [-0.1, -0.05) is 0 Å². The second kappa shape index (κ2) is 7.11. The third-order valence-corrected chi connectivity index (χ3v) is 5.67. The molecule has 1 aromatic carbocycles. The fourth-order valence-corrected chi connectivity index (χ4v) is 4.12. The van der Waals surface area contributed by atoms with Gasteiger partial charge in [0.05, 0.1) is 19.9 Å². The van der Waals surface area contributed by atoms with E-state index >= 15 is 0 Å². The largest absolute Gasteiger partial charge is 0.493 e. The average molecular weight is 355 g/mol. The number of nitrogens with zero attached hydrogens (tertiary/aromatic N) is 3. The van der Waals surface area contributed by atoms with Crippen molar-refractivity contribution in [2.45, 2.75) is 31.9 Å². The first kappa shape index (κ1) is 17.1. The van der Waals surface area contributed by atoms with Crippen LogP contribution in [0.5, 0.6) is 17.4 Å². The highest BCUT2D eigenvalue weighted by molar-refractivity contribution is 5.63. The molecule has 2 atom stereocenters. The summed E-state index contributed by atoms with van der Waals surface area (Å²) in [6.07, 6.45) is 2.64. The highest BCUT2D eigenvalue weighted by Crippen LogP contribution is 2.35. The molecule has 0 saturated carbocycles. The van der Waals surface area contributed by atoms with Gasteiger partial charge >= 0.3 is 0 Å². The third kappa shape index (κ3) is 3.09. The van der Waals surface area contributed by atoms with E-state index in [1.807, 2.05) is 30.3 Å². The number of ether oxygens (including phenoxy) is 3. The fraction of sp³-hybridized carbons (Fsp3) is 0.500. The number of benzene rings is 1. The van der Waals surface area contributed by atoms with Gasteiger partial charge in [-0.3, -0.25) is 4.90 Å². The van der Waals surface area contributed by atoms with Crippen molar-refractivity contribution in [1.29, 1.82) is 0 Å². The molecule has 3 fully saturated rings. The van der Waals surface area contributed by atoms with Crippen LogP contribution in [0.4, 0.5) is 0 Å². The first-order valence-corrected chi connectivity index (χ1v) is 9.16. The Morgan fingerprint density at radius 2 is 1.73 bits per heavy atom. The van der Waals surface area contributed by atoms with Crippen molar-refractivity contribution in [3.05, 3.63) is 30.3 Å². The van der Waals surface area contributed by atoms with E-state index in [0.717, 1.165) is 11.3 Å². The van der Waals surface area contributed by atoms with E-state index in [-0.39, 0.29) is 6.10 Å². The Labute approximate surface area is 154 Å². The minimum atomic E-state index is 0.207. The molecule has 0 N–H and O–H groups in total. The lowest BCUT2D eigenvalue weighted by molar-refractivity contribution is -0.0528. The van der Waals surface area contributed by atoms with Gasteiger partial charge in [-0.05, 0) is 63.0 Å². The van der Waals surface area contributed by atoms with Crippen molar-refractivity contribution in [2.75, 3.05) is 27.3 Å². The van der Waals surface area contributed by atoms with E-state index in [4.69, 9.17) is 14.2 Å². The number of aromatic nitrogens is 2. The molecule has 0 aliphatic carbocycles. The van der Waals surface area contributed by atoms with Crippen LogP contribution < -0.4 is 14.2 Å². The Balaban J connectivity index is 1.50. The Morgan fingerprint density at radius 1 is 0.962 bits per heavy atom. The van der Waals surface area contributed by atoms with Crippen LogP contribution in [-0.2, 0) is 0 Å². The molecule has 2 aromatic rings. The van der Waals surface area contributed by atoms with Gasteiger partial charge in [-0.2, -0.15) is 0 Å². The van der Waals surface area contributed by atoms with Crippen LogP contribution in [0.15, 0.2) is 30.3 Å². The third-order valence-electron chi connectivity index (χ3n) is 5.67. The van der Waals surface area contributed by atoms with Crippen molar-refractivity contribution in [2.24, 2.45) is 5.92 Å². The van der Waals surface area contributed by atoms with Crippen LogP contribution in [0.3, 0.4) is 0 Å². The summed E-state index contributed by atoms with van der Waals surface area (Å²) in [4.78, 5) is 2.51. The second-order valence-corrected chi connectivity index (χ2v) is 7.02. The predicted octanol–water partition coefficient (Wildman–Crippen LogP) is 3.02. The Hall–Kier alpha value is -2.34. The molecule has 3 aliphatic rings. The number of methoxy groups -OCH3 is 2. The molecular formula is C20H25N3O3. The number of fused-ring (bicyclic) bond motifs is 3. The van der Waals surface area contributed by atoms with Gasteiger partial charge in [0.2, 0.25) is 5.88 Å². The molecule has 0 amide bonds. The predicted molar refractivity (Wildman–Crippen MR) is 98.7 cm³/mol. The lowest BCUT2D eigenvalue weighted by Gasteiger charge is -2.48. The summed E-state index contributed by atoms with van der Waals surface area (Å²) in [5.41, 5.74) is 1.71. The van der Waals surface area contributed by atoms with E-state index in [9.17, 15) is 0 Å². The maximum Gasteiger partial charge on any atom is 0.233 e. The van der Waals surface area contributed by atoms with Crippen molar-refractivity contribution >= 4 is 0 Å². The molecule has 2 unspecified atom stereocenters. The summed E-state index contributed by atoms with van der Waals surface area (Å²) in [5.74, 6) is 2.59. The van der Waals surface area contributed by atoms with Crippen LogP contribution in [0, 0.1) is 5.92 Å². The molecule has 0 radical (unpaired) electrons. The zero-order valence-electron chi connectivity index (χ0n) is 15.5. The quantitative estimate of drug-likeness (QED) is 0.822. The van der Waals surface area contributed by atoms with Gasteiger partial charge in [0.25, 0.3) is 0 Å². The number of piperidine rings is 3. The monoisotopic (exact) mass is 355 g/mol. The van der Waals surface area contributed by atoms with E-state index in [0.29, 0.717) is 29.3 Å². The van der Waals surface area contributed by atoms with Crippen molar-refractivity contribution in [3.63, 3.8) is 0 Å². The Bertz CT molecular complexity index is 755. The van der Waals surface area contributed by atoms with Crippen molar-refractivity contribution in [1.82, 2.24) is 15.1 Å². The molecule has 5 rings (SSSR count). The zero-order valence-corrected chi connectivity index (χ0v) is 15.5. The molecule has 6 nitrogen and oxygen atoms in total. The average Bonchev–Trinajstić information content (AvgIpc) is 2.71. The zero-order chi connectivity index (χ0) is 18.1. The fourth-order valence-electron chi connectivity index (χ4n) is 4.12. The van der Waals surface area contributed by atoms with Crippen molar-refractivity contribution in [3.8, 4) is 28.6 Å².